The van der Waals surface area contributed by atoms with Crippen LogP contribution in [0.4, 0.5) is 0 Å². The molecular weight excluding hydrogens is 364 g/mol. The summed E-state index contributed by atoms with van der Waals surface area (Å²) in [7, 11) is 0. The summed E-state index contributed by atoms with van der Waals surface area (Å²) in [5.74, 6) is -1.18. The van der Waals surface area contributed by atoms with E-state index < -0.39 is 11.9 Å². The summed E-state index contributed by atoms with van der Waals surface area (Å²) in [6.45, 7) is 11.0. The molecule has 0 amide bonds. The van der Waals surface area contributed by atoms with E-state index in [1.165, 1.54) is 41.5 Å². The number of fused-ring (bicyclic) bond motifs is 1. The smallest absolute Gasteiger partial charge is 0.336 e. The van der Waals surface area contributed by atoms with Gasteiger partial charge in [-0.05, 0) is 77.1 Å². The lowest BCUT2D eigenvalue weighted by Gasteiger charge is -2.42. The predicted molar refractivity (Wildman–Crippen MR) is 114 cm³/mol. The molecule has 152 valence electrons. The van der Waals surface area contributed by atoms with Gasteiger partial charge < -0.3 is 9.84 Å². The van der Waals surface area contributed by atoms with Crippen molar-refractivity contribution in [2.24, 2.45) is 0 Å². The first-order valence-corrected chi connectivity index (χ1v) is 9.88. The third-order valence-electron chi connectivity index (χ3n) is 5.96. The van der Waals surface area contributed by atoms with Crippen molar-refractivity contribution in [3.63, 3.8) is 0 Å². The zero-order chi connectivity index (χ0) is 21.4. The molecule has 1 aliphatic rings. The van der Waals surface area contributed by atoms with E-state index in [1.807, 2.05) is 6.92 Å². The molecule has 3 rings (SSSR count). The van der Waals surface area contributed by atoms with Crippen LogP contribution in [-0.4, -0.2) is 17.0 Å². The van der Waals surface area contributed by atoms with Gasteiger partial charge in [-0.15, -0.1) is 0 Å². The molecule has 0 bridgehead atoms. The third-order valence-corrected chi connectivity index (χ3v) is 5.96. The van der Waals surface area contributed by atoms with Crippen molar-refractivity contribution in [3.05, 3.63) is 70.8 Å². The summed E-state index contributed by atoms with van der Waals surface area (Å²) in [5.41, 5.74) is 4.97. The van der Waals surface area contributed by atoms with Crippen LogP contribution in [-0.2, 0) is 15.6 Å². The Morgan fingerprint density at radius 2 is 1.45 bits per heavy atom. The lowest BCUT2D eigenvalue weighted by atomic mass is 9.63. The Balaban J connectivity index is 1.82. The minimum Gasteiger partial charge on any atom is -0.478 e. The number of ether oxygens (including phenoxy) is 1. The fourth-order valence-corrected chi connectivity index (χ4v) is 3.91. The molecule has 0 aliphatic heterocycles. The standard InChI is InChI=1S/C25H28O4/c1-16(14-22(26)29-19-9-6-17(7-10-19)23(27)28)18-8-11-20-21(15-18)25(4,5)13-12-24(20,2)3/h6-11,14-15H,12-13H2,1-5H3,(H,27,28)/b16-14+. The average molecular weight is 392 g/mol. The summed E-state index contributed by atoms with van der Waals surface area (Å²) >= 11 is 0. The second-order valence-corrected chi connectivity index (χ2v) is 9.11. The largest absolute Gasteiger partial charge is 0.478 e. The number of carbonyl (C=O) groups is 2. The van der Waals surface area contributed by atoms with Crippen molar-refractivity contribution in [3.8, 4) is 5.75 Å². The van der Waals surface area contributed by atoms with E-state index in [0.29, 0.717) is 5.75 Å². The molecule has 0 saturated carbocycles. The third kappa shape index (κ3) is 4.42. The molecule has 0 spiro atoms. The van der Waals surface area contributed by atoms with Gasteiger partial charge >= 0.3 is 11.9 Å². The lowest BCUT2D eigenvalue weighted by molar-refractivity contribution is -0.128. The minimum absolute atomic E-state index is 0.105. The second-order valence-electron chi connectivity index (χ2n) is 9.11. The zero-order valence-electron chi connectivity index (χ0n) is 17.7. The Morgan fingerprint density at radius 1 is 0.897 bits per heavy atom. The molecule has 0 heterocycles. The number of hydrogen-bond acceptors (Lipinski definition) is 3. The Bertz CT molecular complexity index is 978. The molecule has 1 N–H and O–H groups in total. The van der Waals surface area contributed by atoms with E-state index >= 15 is 0 Å². The fourth-order valence-electron chi connectivity index (χ4n) is 3.91. The maximum atomic E-state index is 12.3. The van der Waals surface area contributed by atoms with Gasteiger partial charge in [-0.1, -0.05) is 45.9 Å². The first-order valence-electron chi connectivity index (χ1n) is 9.88. The van der Waals surface area contributed by atoms with Crippen LogP contribution in [0.25, 0.3) is 5.57 Å². The van der Waals surface area contributed by atoms with Crippen LogP contribution >= 0.6 is 0 Å². The van der Waals surface area contributed by atoms with Crippen LogP contribution in [0.1, 0.15) is 74.5 Å². The quantitative estimate of drug-likeness (QED) is 0.409. The number of carboxylic acid groups (broad SMARTS) is 1. The van der Waals surface area contributed by atoms with Crippen molar-refractivity contribution >= 4 is 17.5 Å². The molecule has 4 nitrogen and oxygen atoms in total. The molecule has 2 aromatic carbocycles. The summed E-state index contributed by atoms with van der Waals surface area (Å²) in [4.78, 5) is 23.2. The van der Waals surface area contributed by atoms with Crippen molar-refractivity contribution in [1.29, 1.82) is 0 Å². The van der Waals surface area contributed by atoms with E-state index in [1.54, 1.807) is 0 Å². The van der Waals surface area contributed by atoms with E-state index in [4.69, 9.17) is 9.84 Å². The van der Waals surface area contributed by atoms with E-state index in [-0.39, 0.29) is 16.4 Å². The first-order chi connectivity index (χ1) is 13.5. The van der Waals surface area contributed by atoms with Crippen LogP contribution in [0, 0.1) is 0 Å². The van der Waals surface area contributed by atoms with Crippen LogP contribution in [0.2, 0.25) is 0 Å². The summed E-state index contributed by atoms with van der Waals surface area (Å²) < 4.78 is 5.32. The van der Waals surface area contributed by atoms with Crippen molar-refractivity contribution in [1.82, 2.24) is 0 Å². The monoisotopic (exact) mass is 392 g/mol. The van der Waals surface area contributed by atoms with Gasteiger partial charge in [0.25, 0.3) is 0 Å². The molecule has 0 atom stereocenters. The Morgan fingerprint density at radius 3 is 2.03 bits per heavy atom. The fraction of sp³-hybridized carbons (Fsp3) is 0.360. The lowest BCUT2D eigenvalue weighted by Crippen LogP contribution is -2.33. The van der Waals surface area contributed by atoms with Gasteiger partial charge in [0.15, 0.2) is 0 Å². The minimum atomic E-state index is -1.02. The van der Waals surface area contributed by atoms with Gasteiger partial charge in [-0.3, -0.25) is 0 Å². The van der Waals surface area contributed by atoms with Crippen LogP contribution in [0.15, 0.2) is 48.5 Å². The molecule has 0 unspecified atom stereocenters. The average Bonchev–Trinajstić information content (AvgIpc) is 2.65. The highest BCUT2D eigenvalue weighted by atomic mass is 16.5. The first kappa shape index (κ1) is 20.8. The predicted octanol–water partition coefficient (Wildman–Crippen LogP) is 5.74. The van der Waals surface area contributed by atoms with E-state index in [0.717, 1.165) is 24.0 Å². The number of carbonyl (C=O) groups excluding carboxylic acids is 1. The molecule has 0 saturated heterocycles. The molecule has 2 aromatic rings. The van der Waals surface area contributed by atoms with Gasteiger partial charge in [0.05, 0.1) is 5.56 Å². The van der Waals surface area contributed by atoms with Crippen LogP contribution in [0.3, 0.4) is 0 Å². The van der Waals surface area contributed by atoms with Gasteiger partial charge in [0.2, 0.25) is 0 Å². The topological polar surface area (TPSA) is 63.6 Å². The zero-order valence-corrected chi connectivity index (χ0v) is 17.7. The van der Waals surface area contributed by atoms with Crippen molar-refractivity contribution < 1.29 is 19.4 Å². The number of benzene rings is 2. The van der Waals surface area contributed by atoms with Gasteiger partial charge in [0, 0.05) is 6.08 Å². The molecule has 1 aliphatic carbocycles. The van der Waals surface area contributed by atoms with Gasteiger partial charge in [-0.25, -0.2) is 9.59 Å². The van der Waals surface area contributed by atoms with E-state index in [2.05, 4.69) is 45.9 Å². The van der Waals surface area contributed by atoms with Crippen molar-refractivity contribution in [2.75, 3.05) is 0 Å². The number of rotatable bonds is 4. The van der Waals surface area contributed by atoms with Crippen molar-refractivity contribution in [2.45, 2.75) is 58.3 Å². The van der Waals surface area contributed by atoms with Crippen LogP contribution < -0.4 is 4.74 Å². The second kappa shape index (κ2) is 7.51. The summed E-state index contributed by atoms with van der Waals surface area (Å²) in [6, 6.07) is 12.3. The summed E-state index contributed by atoms with van der Waals surface area (Å²) in [5, 5.41) is 8.94. The Labute approximate surface area is 172 Å². The number of carboxylic acids is 1. The number of aromatic carboxylic acids is 1. The molecule has 4 heteroatoms. The van der Waals surface area contributed by atoms with E-state index in [9.17, 15) is 9.59 Å². The van der Waals surface area contributed by atoms with Gasteiger partial charge in [-0.2, -0.15) is 0 Å². The maximum absolute atomic E-state index is 12.3. The Hall–Kier alpha value is -2.88. The van der Waals surface area contributed by atoms with Gasteiger partial charge in [0.1, 0.15) is 5.75 Å². The molecule has 0 aromatic heterocycles. The summed E-state index contributed by atoms with van der Waals surface area (Å²) in [6.07, 6.45) is 3.77. The number of allylic oxidation sites excluding steroid dienone is 1. The maximum Gasteiger partial charge on any atom is 0.336 e. The van der Waals surface area contributed by atoms with Crippen LogP contribution in [0.5, 0.6) is 5.75 Å². The highest BCUT2D eigenvalue weighted by molar-refractivity contribution is 5.92. The highest BCUT2D eigenvalue weighted by Crippen LogP contribution is 2.46. The molecule has 0 radical (unpaired) electrons. The highest BCUT2D eigenvalue weighted by Gasteiger charge is 2.36. The molecular formula is C25H28O4. The normalized spacial score (nSPS) is 17.3. The number of esters is 1. The SMILES string of the molecule is C/C(=C\C(=O)Oc1ccc(C(=O)O)cc1)c1ccc2c(c1)C(C)(C)CCC2(C)C. The Kier molecular flexibility index (Phi) is 5.40. The molecule has 0 fully saturated rings. The number of hydrogen-bond donors (Lipinski definition) is 1. The molecule has 29 heavy (non-hydrogen) atoms.